The van der Waals surface area contributed by atoms with Gasteiger partial charge in [-0.1, -0.05) is 12.1 Å². The van der Waals surface area contributed by atoms with Crippen molar-refractivity contribution in [1.29, 1.82) is 0 Å². The standard InChI is InChI=1S/C20H13F4N5O/c1-28(15-3-2-8-25-18(15)21)19(30)14-11-29-16(9-27-17(29)10-26-14)12-4-6-13(7-5-12)20(22,23)24/h2-11H,1H3. The summed E-state index contributed by atoms with van der Waals surface area (Å²) in [6.07, 6.45) is 1.06. The largest absolute Gasteiger partial charge is 0.416 e. The van der Waals surface area contributed by atoms with Crippen LogP contribution in [0.3, 0.4) is 0 Å². The van der Waals surface area contributed by atoms with Crippen molar-refractivity contribution in [1.82, 2.24) is 19.4 Å². The molecule has 0 saturated carbocycles. The molecular weight excluding hydrogens is 402 g/mol. The second kappa shape index (κ2) is 7.21. The number of amides is 1. The van der Waals surface area contributed by atoms with Crippen LogP contribution in [0.15, 0.2) is 61.2 Å². The number of carbonyl (C=O) groups is 1. The van der Waals surface area contributed by atoms with Crippen LogP contribution in [0, 0.1) is 5.95 Å². The number of hydrogen-bond acceptors (Lipinski definition) is 4. The summed E-state index contributed by atoms with van der Waals surface area (Å²) >= 11 is 0. The zero-order valence-electron chi connectivity index (χ0n) is 15.4. The normalized spacial score (nSPS) is 11.6. The highest BCUT2D eigenvalue weighted by Crippen LogP contribution is 2.31. The molecule has 0 bridgehead atoms. The molecule has 4 aromatic rings. The number of anilines is 1. The maximum atomic E-state index is 13.9. The minimum atomic E-state index is -4.44. The highest BCUT2D eigenvalue weighted by molar-refractivity contribution is 6.04. The zero-order valence-corrected chi connectivity index (χ0v) is 15.4. The van der Waals surface area contributed by atoms with E-state index in [2.05, 4.69) is 15.0 Å². The fourth-order valence-corrected chi connectivity index (χ4v) is 2.95. The molecule has 30 heavy (non-hydrogen) atoms. The van der Waals surface area contributed by atoms with Gasteiger partial charge in [-0.15, -0.1) is 0 Å². The zero-order chi connectivity index (χ0) is 21.5. The second-order valence-corrected chi connectivity index (χ2v) is 6.40. The summed E-state index contributed by atoms with van der Waals surface area (Å²) in [5, 5.41) is 0. The Bertz CT molecular complexity index is 1230. The number of aromatic nitrogens is 4. The number of rotatable bonds is 3. The smallest absolute Gasteiger partial charge is 0.306 e. The number of hydrogen-bond donors (Lipinski definition) is 0. The van der Waals surface area contributed by atoms with Crippen LogP contribution in [0.25, 0.3) is 16.9 Å². The van der Waals surface area contributed by atoms with Crippen LogP contribution in [-0.4, -0.2) is 32.3 Å². The molecule has 0 spiro atoms. The number of halogens is 4. The molecule has 0 atom stereocenters. The Morgan fingerprint density at radius 3 is 2.43 bits per heavy atom. The summed E-state index contributed by atoms with van der Waals surface area (Å²) in [6.45, 7) is 0. The van der Waals surface area contributed by atoms with Gasteiger partial charge in [-0.05, 0) is 24.3 Å². The quantitative estimate of drug-likeness (QED) is 0.371. The molecule has 0 aliphatic heterocycles. The van der Waals surface area contributed by atoms with E-state index in [1.807, 2.05) is 0 Å². The Balaban J connectivity index is 1.71. The molecule has 0 aliphatic carbocycles. The van der Waals surface area contributed by atoms with Gasteiger partial charge in [0.25, 0.3) is 5.91 Å². The number of carbonyl (C=O) groups excluding carboxylic acids is 1. The number of imidazole rings is 1. The molecule has 152 valence electrons. The Hall–Kier alpha value is -3.82. The van der Waals surface area contributed by atoms with Crippen molar-refractivity contribution in [2.75, 3.05) is 11.9 Å². The first-order valence-electron chi connectivity index (χ1n) is 8.65. The molecule has 0 radical (unpaired) electrons. The lowest BCUT2D eigenvalue weighted by molar-refractivity contribution is -0.137. The average molecular weight is 415 g/mol. The molecule has 1 aromatic carbocycles. The summed E-state index contributed by atoms with van der Waals surface area (Å²) in [7, 11) is 1.39. The van der Waals surface area contributed by atoms with E-state index in [0.29, 0.717) is 16.9 Å². The molecule has 4 rings (SSSR count). The molecular formula is C20H13F4N5O. The minimum Gasteiger partial charge on any atom is -0.306 e. The third-order valence-electron chi connectivity index (χ3n) is 4.53. The summed E-state index contributed by atoms with van der Waals surface area (Å²) < 4.78 is 53.8. The molecule has 0 saturated heterocycles. The summed E-state index contributed by atoms with van der Waals surface area (Å²) in [5.74, 6) is -1.39. The molecule has 3 aromatic heterocycles. The van der Waals surface area contributed by atoms with Crippen molar-refractivity contribution in [3.8, 4) is 11.3 Å². The predicted octanol–water partition coefficient (Wildman–Crippen LogP) is 4.23. The van der Waals surface area contributed by atoms with Crippen LogP contribution in [0.1, 0.15) is 16.1 Å². The lowest BCUT2D eigenvalue weighted by atomic mass is 10.1. The van der Waals surface area contributed by atoms with Crippen LogP contribution < -0.4 is 4.90 Å². The van der Waals surface area contributed by atoms with E-state index in [-0.39, 0.29) is 11.4 Å². The van der Waals surface area contributed by atoms with E-state index in [1.54, 1.807) is 0 Å². The van der Waals surface area contributed by atoms with Crippen molar-refractivity contribution in [2.45, 2.75) is 6.18 Å². The lowest BCUT2D eigenvalue weighted by Gasteiger charge is -2.17. The van der Waals surface area contributed by atoms with Crippen molar-refractivity contribution in [3.05, 3.63) is 78.4 Å². The maximum Gasteiger partial charge on any atom is 0.416 e. The minimum absolute atomic E-state index is 0.000542. The molecule has 6 nitrogen and oxygen atoms in total. The highest BCUT2D eigenvalue weighted by Gasteiger charge is 2.30. The fourth-order valence-electron chi connectivity index (χ4n) is 2.95. The second-order valence-electron chi connectivity index (χ2n) is 6.40. The van der Waals surface area contributed by atoms with E-state index in [4.69, 9.17) is 0 Å². The molecule has 1 amide bonds. The van der Waals surface area contributed by atoms with Crippen LogP contribution in [0.5, 0.6) is 0 Å². The monoisotopic (exact) mass is 415 g/mol. The van der Waals surface area contributed by atoms with Gasteiger partial charge in [0.2, 0.25) is 5.95 Å². The van der Waals surface area contributed by atoms with Crippen molar-refractivity contribution in [2.24, 2.45) is 0 Å². The highest BCUT2D eigenvalue weighted by atomic mass is 19.4. The van der Waals surface area contributed by atoms with Gasteiger partial charge >= 0.3 is 6.18 Å². The predicted molar refractivity (Wildman–Crippen MR) is 100 cm³/mol. The first-order chi connectivity index (χ1) is 14.3. The number of alkyl halides is 3. The third kappa shape index (κ3) is 3.47. The Morgan fingerprint density at radius 2 is 1.77 bits per heavy atom. The first kappa shape index (κ1) is 19.5. The van der Waals surface area contributed by atoms with Crippen molar-refractivity contribution < 1.29 is 22.4 Å². The Labute approximate surface area is 167 Å². The average Bonchev–Trinajstić information content (AvgIpc) is 3.16. The molecule has 3 heterocycles. The molecule has 10 heteroatoms. The van der Waals surface area contributed by atoms with Gasteiger partial charge in [-0.25, -0.2) is 15.0 Å². The van der Waals surface area contributed by atoms with Gasteiger partial charge in [0.1, 0.15) is 5.69 Å². The van der Waals surface area contributed by atoms with Gasteiger partial charge in [0.05, 0.1) is 29.3 Å². The van der Waals surface area contributed by atoms with Crippen LogP contribution >= 0.6 is 0 Å². The van der Waals surface area contributed by atoms with E-state index in [1.165, 1.54) is 60.5 Å². The van der Waals surface area contributed by atoms with Gasteiger partial charge in [0.15, 0.2) is 5.65 Å². The van der Waals surface area contributed by atoms with Gasteiger partial charge < -0.3 is 4.90 Å². The summed E-state index contributed by atoms with van der Waals surface area (Å²) in [4.78, 5) is 25.6. The Morgan fingerprint density at radius 1 is 1.03 bits per heavy atom. The fraction of sp³-hybridized carbons (Fsp3) is 0.100. The van der Waals surface area contributed by atoms with Crippen molar-refractivity contribution in [3.63, 3.8) is 0 Å². The maximum absolute atomic E-state index is 13.9. The van der Waals surface area contributed by atoms with E-state index < -0.39 is 23.6 Å². The van der Waals surface area contributed by atoms with E-state index in [9.17, 15) is 22.4 Å². The van der Waals surface area contributed by atoms with Crippen molar-refractivity contribution >= 4 is 17.2 Å². The Kier molecular flexibility index (Phi) is 4.69. The van der Waals surface area contributed by atoms with Crippen LogP contribution in [0.4, 0.5) is 23.2 Å². The third-order valence-corrected chi connectivity index (χ3v) is 4.53. The topological polar surface area (TPSA) is 63.4 Å². The lowest BCUT2D eigenvalue weighted by Crippen LogP contribution is -2.28. The SMILES string of the molecule is CN(C(=O)c1cn2c(-c3ccc(C(F)(F)F)cc3)cnc2cn1)c1cccnc1F. The molecule has 0 aliphatic rings. The van der Waals surface area contributed by atoms with Gasteiger partial charge in [-0.2, -0.15) is 17.6 Å². The van der Waals surface area contributed by atoms with E-state index in [0.717, 1.165) is 17.0 Å². The molecule has 0 unspecified atom stereocenters. The van der Waals surface area contributed by atoms with Gasteiger partial charge in [0, 0.05) is 25.0 Å². The molecule has 0 fully saturated rings. The number of nitrogens with zero attached hydrogens (tertiary/aromatic N) is 5. The summed E-state index contributed by atoms with van der Waals surface area (Å²) in [5.41, 5.74) is 0.573. The van der Waals surface area contributed by atoms with Crippen LogP contribution in [-0.2, 0) is 6.18 Å². The van der Waals surface area contributed by atoms with E-state index >= 15 is 0 Å². The number of fused-ring (bicyclic) bond motifs is 1. The summed E-state index contributed by atoms with van der Waals surface area (Å²) in [6, 6.07) is 7.50. The van der Waals surface area contributed by atoms with Gasteiger partial charge in [-0.3, -0.25) is 9.20 Å². The number of benzene rings is 1. The first-order valence-corrected chi connectivity index (χ1v) is 8.65. The molecule has 0 N–H and O–H groups in total. The van der Waals surface area contributed by atoms with Crippen LogP contribution in [0.2, 0.25) is 0 Å². The number of pyridine rings is 1.